The van der Waals surface area contributed by atoms with Gasteiger partial charge in [0, 0.05) is 19.1 Å². The van der Waals surface area contributed by atoms with Gasteiger partial charge in [0.2, 0.25) is 5.91 Å². The third kappa shape index (κ3) is 2.45. The molecule has 4 nitrogen and oxygen atoms in total. The van der Waals surface area contributed by atoms with Crippen LogP contribution in [-0.4, -0.2) is 36.0 Å². The minimum atomic E-state index is -0.240. The largest absolute Gasteiger partial charge is 0.368 e. The molecule has 1 heterocycles. The SMILES string of the molecule is CCC1CN(C(C)C(N)=O)CCC1N. The van der Waals surface area contributed by atoms with Gasteiger partial charge in [0.05, 0.1) is 6.04 Å². The van der Waals surface area contributed by atoms with E-state index in [0.29, 0.717) is 5.92 Å². The van der Waals surface area contributed by atoms with Crippen LogP contribution in [0.5, 0.6) is 0 Å². The van der Waals surface area contributed by atoms with Gasteiger partial charge < -0.3 is 11.5 Å². The monoisotopic (exact) mass is 199 g/mol. The Hall–Kier alpha value is -0.610. The molecule has 0 saturated carbocycles. The first kappa shape index (κ1) is 11.5. The van der Waals surface area contributed by atoms with Crippen LogP contribution in [0.3, 0.4) is 0 Å². The van der Waals surface area contributed by atoms with Crippen LogP contribution >= 0.6 is 0 Å². The summed E-state index contributed by atoms with van der Waals surface area (Å²) in [5.41, 5.74) is 11.3. The zero-order valence-electron chi connectivity index (χ0n) is 9.07. The lowest BCUT2D eigenvalue weighted by Gasteiger charge is -2.38. The van der Waals surface area contributed by atoms with Crippen molar-refractivity contribution in [3.05, 3.63) is 0 Å². The first-order chi connectivity index (χ1) is 6.56. The second-order valence-corrected chi connectivity index (χ2v) is 4.19. The molecule has 0 aromatic heterocycles. The average molecular weight is 199 g/mol. The quantitative estimate of drug-likeness (QED) is 0.667. The fourth-order valence-corrected chi connectivity index (χ4v) is 2.04. The lowest BCUT2D eigenvalue weighted by atomic mass is 9.90. The van der Waals surface area contributed by atoms with Crippen molar-refractivity contribution in [1.82, 2.24) is 4.90 Å². The molecule has 4 N–H and O–H groups in total. The molecule has 82 valence electrons. The van der Waals surface area contributed by atoms with E-state index in [1.54, 1.807) is 0 Å². The molecular formula is C10H21N3O. The van der Waals surface area contributed by atoms with Gasteiger partial charge in [-0.25, -0.2) is 0 Å². The number of amides is 1. The topological polar surface area (TPSA) is 72.3 Å². The number of nitrogens with two attached hydrogens (primary N) is 2. The van der Waals surface area contributed by atoms with E-state index in [1.807, 2.05) is 6.92 Å². The third-order valence-corrected chi connectivity index (χ3v) is 3.31. The minimum Gasteiger partial charge on any atom is -0.368 e. The summed E-state index contributed by atoms with van der Waals surface area (Å²) in [4.78, 5) is 13.2. The molecule has 0 radical (unpaired) electrons. The summed E-state index contributed by atoms with van der Waals surface area (Å²) in [7, 11) is 0. The summed E-state index contributed by atoms with van der Waals surface area (Å²) in [6, 6.07) is 0.132. The van der Waals surface area contributed by atoms with Crippen LogP contribution in [0.1, 0.15) is 26.7 Å². The van der Waals surface area contributed by atoms with Crippen molar-refractivity contribution in [3.63, 3.8) is 0 Å². The fraction of sp³-hybridized carbons (Fsp3) is 0.900. The van der Waals surface area contributed by atoms with Crippen molar-refractivity contribution in [2.24, 2.45) is 17.4 Å². The van der Waals surface area contributed by atoms with Gasteiger partial charge in [0.1, 0.15) is 0 Å². The highest BCUT2D eigenvalue weighted by Crippen LogP contribution is 2.19. The first-order valence-corrected chi connectivity index (χ1v) is 5.35. The van der Waals surface area contributed by atoms with Gasteiger partial charge in [-0.1, -0.05) is 13.3 Å². The van der Waals surface area contributed by atoms with E-state index in [4.69, 9.17) is 11.5 Å². The molecule has 14 heavy (non-hydrogen) atoms. The molecule has 1 amide bonds. The molecule has 1 fully saturated rings. The molecular weight excluding hydrogens is 178 g/mol. The molecule has 0 bridgehead atoms. The first-order valence-electron chi connectivity index (χ1n) is 5.35. The summed E-state index contributed by atoms with van der Waals surface area (Å²) in [6.45, 7) is 5.80. The Labute approximate surface area is 85.6 Å². The maximum atomic E-state index is 11.0. The van der Waals surface area contributed by atoms with Gasteiger partial charge >= 0.3 is 0 Å². The van der Waals surface area contributed by atoms with Crippen LogP contribution in [0.2, 0.25) is 0 Å². The maximum absolute atomic E-state index is 11.0. The van der Waals surface area contributed by atoms with Crippen molar-refractivity contribution in [1.29, 1.82) is 0 Å². The lowest BCUT2D eigenvalue weighted by Crippen LogP contribution is -2.53. The highest BCUT2D eigenvalue weighted by atomic mass is 16.1. The van der Waals surface area contributed by atoms with Crippen LogP contribution in [-0.2, 0) is 4.79 Å². The van der Waals surface area contributed by atoms with Gasteiger partial charge in [0.15, 0.2) is 0 Å². The van der Waals surface area contributed by atoms with E-state index >= 15 is 0 Å². The highest BCUT2D eigenvalue weighted by Gasteiger charge is 2.29. The van der Waals surface area contributed by atoms with Crippen molar-refractivity contribution in [3.8, 4) is 0 Å². The second-order valence-electron chi connectivity index (χ2n) is 4.19. The average Bonchev–Trinajstić information content (AvgIpc) is 2.17. The Kier molecular flexibility index (Phi) is 3.89. The summed E-state index contributed by atoms with van der Waals surface area (Å²) in [5.74, 6) is 0.265. The number of hydrogen-bond donors (Lipinski definition) is 2. The van der Waals surface area contributed by atoms with Gasteiger partial charge in [0.25, 0.3) is 0 Å². The van der Waals surface area contributed by atoms with Crippen molar-refractivity contribution >= 4 is 5.91 Å². The van der Waals surface area contributed by atoms with Crippen molar-refractivity contribution in [2.45, 2.75) is 38.8 Å². The molecule has 1 aliphatic heterocycles. The molecule has 4 heteroatoms. The smallest absolute Gasteiger partial charge is 0.234 e. The number of rotatable bonds is 3. The van der Waals surface area contributed by atoms with E-state index < -0.39 is 0 Å². The maximum Gasteiger partial charge on any atom is 0.234 e. The van der Waals surface area contributed by atoms with Gasteiger partial charge in [-0.05, 0) is 19.3 Å². The zero-order chi connectivity index (χ0) is 10.7. The fourth-order valence-electron chi connectivity index (χ4n) is 2.04. The molecule has 0 aromatic carbocycles. The number of hydrogen-bond acceptors (Lipinski definition) is 3. The zero-order valence-corrected chi connectivity index (χ0v) is 9.07. The van der Waals surface area contributed by atoms with Crippen LogP contribution in [0.15, 0.2) is 0 Å². The molecule has 0 aliphatic carbocycles. The number of piperidine rings is 1. The molecule has 3 atom stereocenters. The number of nitrogens with zero attached hydrogens (tertiary/aromatic N) is 1. The summed E-state index contributed by atoms with van der Waals surface area (Å²) in [5, 5.41) is 0. The van der Waals surface area contributed by atoms with E-state index in [2.05, 4.69) is 11.8 Å². The van der Waals surface area contributed by atoms with Crippen molar-refractivity contribution < 1.29 is 4.79 Å². The Morgan fingerprint density at radius 2 is 2.29 bits per heavy atom. The van der Waals surface area contributed by atoms with E-state index in [-0.39, 0.29) is 18.0 Å². The molecule has 1 rings (SSSR count). The number of likely N-dealkylation sites (tertiary alicyclic amines) is 1. The molecule has 0 spiro atoms. The van der Waals surface area contributed by atoms with Crippen LogP contribution in [0.4, 0.5) is 0 Å². The number of primary amides is 1. The van der Waals surface area contributed by atoms with Gasteiger partial charge in [-0.2, -0.15) is 0 Å². The highest BCUT2D eigenvalue weighted by molar-refractivity contribution is 5.79. The number of carbonyl (C=O) groups is 1. The van der Waals surface area contributed by atoms with E-state index in [0.717, 1.165) is 25.9 Å². The lowest BCUT2D eigenvalue weighted by molar-refractivity contribution is -0.123. The Morgan fingerprint density at radius 1 is 1.64 bits per heavy atom. The summed E-state index contributed by atoms with van der Waals surface area (Å²) < 4.78 is 0. The third-order valence-electron chi connectivity index (χ3n) is 3.31. The predicted molar refractivity (Wildman–Crippen MR) is 56.6 cm³/mol. The van der Waals surface area contributed by atoms with Crippen LogP contribution in [0.25, 0.3) is 0 Å². The van der Waals surface area contributed by atoms with E-state index in [1.165, 1.54) is 0 Å². The van der Waals surface area contributed by atoms with E-state index in [9.17, 15) is 4.79 Å². The number of carbonyl (C=O) groups excluding carboxylic acids is 1. The Bertz CT molecular complexity index is 208. The minimum absolute atomic E-state index is 0.156. The van der Waals surface area contributed by atoms with Crippen LogP contribution < -0.4 is 11.5 Å². The second kappa shape index (κ2) is 4.75. The van der Waals surface area contributed by atoms with Gasteiger partial charge in [-0.3, -0.25) is 9.69 Å². The Balaban J connectivity index is 2.54. The summed E-state index contributed by atoms with van der Waals surface area (Å²) in [6.07, 6.45) is 2.04. The standard InChI is InChI=1S/C10H21N3O/c1-3-8-6-13(5-4-9(8)11)7(2)10(12)14/h7-9H,3-6,11H2,1-2H3,(H2,12,14). The summed E-state index contributed by atoms with van der Waals surface area (Å²) >= 11 is 0. The van der Waals surface area contributed by atoms with Crippen molar-refractivity contribution in [2.75, 3.05) is 13.1 Å². The predicted octanol–water partition coefficient (Wildman–Crippen LogP) is -0.0806. The molecule has 1 aliphatic rings. The molecule has 0 aromatic rings. The molecule has 3 unspecified atom stereocenters. The Morgan fingerprint density at radius 3 is 2.79 bits per heavy atom. The van der Waals surface area contributed by atoms with Crippen LogP contribution in [0, 0.1) is 5.92 Å². The molecule has 1 saturated heterocycles. The normalized spacial score (nSPS) is 31.4. The van der Waals surface area contributed by atoms with Gasteiger partial charge in [-0.15, -0.1) is 0 Å².